The summed E-state index contributed by atoms with van der Waals surface area (Å²) in [6, 6.07) is 2.23. The summed E-state index contributed by atoms with van der Waals surface area (Å²) in [6.07, 6.45) is 9.05. The summed E-state index contributed by atoms with van der Waals surface area (Å²) in [5.41, 5.74) is 0. The Labute approximate surface area is 118 Å². The summed E-state index contributed by atoms with van der Waals surface area (Å²) < 4.78 is 0. The van der Waals surface area contributed by atoms with Crippen LogP contribution in [0.15, 0.2) is 0 Å². The first-order chi connectivity index (χ1) is 9.08. The van der Waals surface area contributed by atoms with Crippen LogP contribution < -0.4 is 0 Å². The van der Waals surface area contributed by atoms with Gasteiger partial charge in [0, 0.05) is 5.92 Å². The highest BCUT2D eigenvalue weighted by Gasteiger charge is 2.30. The summed E-state index contributed by atoms with van der Waals surface area (Å²) in [6.45, 7) is 6.40. The lowest BCUT2D eigenvalue weighted by Gasteiger charge is -2.28. The van der Waals surface area contributed by atoms with Gasteiger partial charge in [0.05, 0.1) is 6.07 Å². The van der Waals surface area contributed by atoms with E-state index in [1.54, 1.807) is 0 Å². The summed E-state index contributed by atoms with van der Waals surface area (Å²) in [4.78, 5) is 12.4. The van der Waals surface area contributed by atoms with Crippen molar-refractivity contribution in [3.05, 3.63) is 0 Å². The largest absolute Gasteiger partial charge is 0.298 e. The van der Waals surface area contributed by atoms with Gasteiger partial charge in [0.2, 0.25) is 0 Å². The van der Waals surface area contributed by atoms with Gasteiger partial charge in [0.1, 0.15) is 5.92 Å². The van der Waals surface area contributed by atoms with Gasteiger partial charge in [0.15, 0.2) is 5.78 Å². The van der Waals surface area contributed by atoms with Crippen molar-refractivity contribution in [2.24, 2.45) is 23.7 Å². The first-order valence-electron chi connectivity index (χ1n) is 8.01. The molecule has 1 aliphatic carbocycles. The van der Waals surface area contributed by atoms with Crippen LogP contribution in [0.4, 0.5) is 0 Å². The molecule has 2 nitrogen and oxygen atoms in total. The molecule has 0 aromatic heterocycles. The first kappa shape index (κ1) is 16.2. The van der Waals surface area contributed by atoms with E-state index in [-0.39, 0.29) is 17.6 Å². The second-order valence-electron chi connectivity index (χ2n) is 6.57. The number of nitriles is 1. The molecule has 19 heavy (non-hydrogen) atoms. The van der Waals surface area contributed by atoms with Crippen LogP contribution in [-0.4, -0.2) is 5.78 Å². The zero-order valence-electron chi connectivity index (χ0n) is 12.8. The minimum absolute atomic E-state index is 0.168. The van der Waals surface area contributed by atoms with Crippen molar-refractivity contribution in [1.82, 2.24) is 0 Å². The van der Waals surface area contributed by atoms with E-state index in [0.29, 0.717) is 5.92 Å². The Balaban J connectivity index is 2.41. The number of nitrogens with zero attached hydrogens (tertiary/aromatic N) is 1. The number of carbonyl (C=O) groups is 1. The van der Waals surface area contributed by atoms with E-state index in [4.69, 9.17) is 0 Å². The van der Waals surface area contributed by atoms with Gasteiger partial charge < -0.3 is 0 Å². The minimum atomic E-state index is -0.364. The highest BCUT2D eigenvalue weighted by Crippen LogP contribution is 2.34. The second-order valence-corrected chi connectivity index (χ2v) is 6.57. The third-order valence-corrected chi connectivity index (χ3v) is 4.42. The van der Waals surface area contributed by atoms with Gasteiger partial charge in [-0.3, -0.25) is 4.79 Å². The van der Waals surface area contributed by atoms with Crippen molar-refractivity contribution in [3.63, 3.8) is 0 Å². The lowest BCUT2D eigenvalue weighted by molar-refractivity contribution is -0.126. The lowest BCUT2D eigenvalue weighted by atomic mass is 9.75. The molecule has 1 rings (SSSR count). The maximum absolute atomic E-state index is 12.4. The fourth-order valence-corrected chi connectivity index (χ4v) is 3.22. The zero-order chi connectivity index (χ0) is 14.3. The molecule has 0 spiro atoms. The predicted molar refractivity (Wildman–Crippen MR) is 78.5 cm³/mol. The summed E-state index contributed by atoms with van der Waals surface area (Å²) >= 11 is 0. The van der Waals surface area contributed by atoms with E-state index < -0.39 is 0 Å². The Morgan fingerprint density at radius 2 is 1.89 bits per heavy atom. The molecule has 0 heterocycles. The van der Waals surface area contributed by atoms with Gasteiger partial charge in [-0.25, -0.2) is 0 Å². The molecule has 1 saturated carbocycles. The number of unbranched alkanes of at least 4 members (excludes halogenated alkanes) is 1. The van der Waals surface area contributed by atoms with E-state index in [9.17, 15) is 10.1 Å². The number of hydrogen-bond acceptors (Lipinski definition) is 2. The number of Topliss-reactive ketones (excluding diaryl/α,β-unsaturated/α-hetero) is 1. The maximum Gasteiger partial charge on any atom is 0.153 e. The molecule has 0 aromatic rings. The summed E-state index contributed by atoms with van der Waals surface area (Å²) in [5.74, 6) is 1.28. The maximum atomic E-state index is 12.4. The summed E-state index contributed by atoms with van der Waals surface area (Å²) in [7, 11) is 0. The smallest absolute Gasteiger partial charge is 0.153 e. The summed E-state index contributed by atoms with van der Waals surface area (Å²) in [5, 5.41) is 9.17. The average Bonchev–Trinajstić information content (AvgIpc) is 2.42. The Morgan fingerprint density at radius 1 is 1.26 bits per heavy atom. The topological polar surface area (TPSA) is 40.9 Å². The number of carbonyl (C=O) groups excluding carboxylic acids is 1. The van der Waals surface area contributed by atoms with Gasteiger partial charge in [-0.1, -0.05) is 40.0 Å². The molecule has 0 aliphatic heterocycles. The standard InChI is InChI=1S/C17H29NO/c1-4-5-6-14-7-9-15(10-8-14)17(19)16(12-18)11-13(2)3/h13-16H,4-11H2,1-3H3. The van der Waals surface area contributed by atoms with Crippen molar-refractivity contribution < 1.29 is 4.79 Å². The third kappa shape index (κ3) is 5.35. The highest BCUT2D eigenvalue weighted by atomic mass is 16.1. The number of rotatable bonds is 7. The molecule has 1 unspecified atom stereocenters. The van der Waals surface area contributed by atoms with Gasteiger partial charge in [-0.15, -0.1) is 0 Å². The molecule has 0 amide bonds. The Kier molecular flexibility index (Phi) is 7.13. The molecular weight excluding hydrogens is 234 g/mol. The lowest BCUT2D eigenvalue weighted by Crippen LogP contribution is -2.27. The predicted octanol–water partition coefficient (Wildman–Crippen LogP) is 4.74. The van der Waals surface area contributed by atoms with Crippen LogP contribution in [0, 0.1) is 35.0 Å². The molecule has 0 saturated heterocycles. The second kappa shape index (κ2) is 8.35. The number of ketones is 1. The van der Waals surface area contributed by atoms with E-state index in [1.165, 1.54) is 32.1 Å². The highest BCUT2D eigenvalue weighted by molar-refractivity contribution is 5.85. The van der Waals surface area contributed by atoms with Gasteiger partial charge >= 0.3 is 0 Å². The van der Waals surface area contributed by atoms with Crippen molar-refractivity contribution >= 4 is 5.78 Å². The minimum Gasteiger partial charge on any atom is -0.298 e. The molecule has 0 bridgehead atoms. The molecule has 0 radical (unpaired) electrons. The van der Waals surface area contributed by atoms with Crippen LogP contribution in [0.25, 0.3) is 0 Å². The molecule has 1 fully saturated rings. The van der Waals surface area contributed by atoms with E-state index in [0.717, 1.165) is 25.2 Å². The Hall–Kier alpha value is -0.840. The molecular formula is C17H29NO. The van der Waals surface area contributed by atoms with E-state index in [2.05, 4.69) is 26.8 Å². The molecule has 2 heteroatoms. The SMILES string of the molecule is CCCCC1CCC(C(=O)C(C#N)CC(C)C)CC1. The van der Waals surface area contributed by atoms with Crippen LogP contribution in [0.5, 0.6) is 0 Å². The first-order valence-corrected chi connectivity index (χ1v) is 8.01. The van der Waals surface area contributed by atoms with Crippen LogP contribution in [0.3, 0.4) is 0 Å². The Morgan fingerprint density at radius 3 is 2.37 bits per heavy atom. The quantitative estimate of drug-likeness (QED) is 0.665. The van der Waals surface area contributed by atoms with Crippen LogP contribution >= 0.6 is 0 Å². The van der Waals surface area contributed by atoms with Gasteiger partial charge in [0.25, 0.3) is 0 Å². The number of hydrogen-bond donors (Lipinski definition) is 0. The third-order valence-electron chi connectivity index (χ3n) is 4.42. The van der Waals surface area contributed by atoms with E-state index in [1.807, 2.05) is 0 Å². The molecule has 0 N–H and O–H groups in total. The molecule has 0 aromatic carbocycles. The molecule has 108 valence electrons. The van der Waals surface area contributed by atoms with Crippen molar-refractivity contribution in [2.75, 3.05) is 0 Å². The zero-order valence-corrected chi connectivity index (χ0v) is 12.8. The van der Waals surface area contributed by atoms with Gasteiger partial charge in [-0.05, 0) is 43.9 Å². The van der Waals surface area contributed by atoms with E-state index >= 15 is 0 Å². The molecule has 1 atom stereocenters. The van der Waals surface area contributed by atoms with Crippen LogP contribution in [-0.2, 0) is 4.79 Å². The monoisotopic (exact) mass is 263 g/mol. The van der Waals surface area contributed by atoms with Crippen LogP contribution in [0.2, 0.25) is 0 Å². The van der Waals surface area contributed by atoms with Crippen molar-refractivity contribution in [2.45, 2.75) is 72.1 Å². The molecule has 1 aliphatic rings. The Bertz CT molecular complexity index is 308. The normalized spacial score (nSPS) is 25.0. The fraction of sp³-hybridized carbons (Fsp3) is 0.882. The van der Waals surface area contributed by atoms with Crippen LogP contribution in [0.1, 0.15) is 72.1 Å². The van der Waals surface area contributed by atoms with Crippen molar-refractivity contribution in [3.8, 4) is 6.07 Å². The van der Waals surface area contributed by atoms with Gasteiger partial charge in [-0.2, -0.15) is 5.26 Å². The van der Waals surface area contributed by atoms with Crippen molar-refractivity contribution in [1.29, 1.82) is 5.26 Å². The average molecular weight is 263 g/mol. The fourth-order valence-electron chi connectivity index (χ4n) is 3.22.